The standard InChI is InChI=1S/C15H21N3O2/c1-3-16-15(20)14-9-13(6-7-17-14)18-8-4-5-12(10-18)11(2)19/h6-7,9,12H,3-5,8,10H2,1-2H3,(H,16,20). The maximum absolute atomic E-state index is 11.8. The third kappa shape index (κ3) is 3.35. The molecule has 0 radical (unpaired) electrons. The smallest absolute Gasteiger partial charge is 0.269 e. The van der Waals surface area contributed by atoms with Gasteiger partial charge in [0.2, 0.25) is 0 Å². The largest absolute Gasteiger partial charge is 0.371 e. The normalized spacial score (nSPS) is 18.7. The van der Waals surface area contributed by atoms with E-state index in [2.05, 4.69) is 15.2 Å². The number of nitrogens with one attached hydrogen (secondary N) is 1. The van der Waals surface area contributed by atoms with E-state index >= 15 is 0 Å². The third-order valence-corrected chi connectivity index (χ3v) is 3.67. The summed E-state index contributed by atoms with van der Waals surface area (Å²) >= 11 is 0. The minimum Gasteiger partial charge on any atom is -0.371 e. The Morgan fingerprint density at radius 3 is 3.00 bits per heavy atom. The topological polar surface area (TPSA) is 62.3 Å². The van der Waals surface area contributed by atoms with Gasteiger partial charge in [-0.3, -0.25) is 14.6 Å². The summed E-state index contributed by atoms with van der Waals surface area (Å²) in [5.41, 5.74) is 1.39. The van der Waals surface area contributed by atoms with E-state index in [0.29, 0.717) is 12.2 Å². The minimum atomic E-state index is -0.158. The van der Waals surface area contributed by atoms with Crippen LogP contribution in [0, 0.1) is 5.92 Å². The summed E-state index contributed by atoms with van der Waals surface area (Å²) < 4.78 is 0. The zero-order valence-corrected chi connectivity index (χ0v) is 12.1. The van der Waals surface area contributed by atoms with Crippen molar-refractivity contribution in [2.45, 2.75) is 26.7 Å². The summed E-state index contributed by atoms with van der Waals surface area (Å²) in [5, 5.41) is 2.74. The number of hydrogen-bond acceptors (Lipinski definition) is 4. The van der Waals surface area contributed by atoms with Gasteiger partial charge >= 0.3 is 0 Å². The van der Waals surface area contributed by atoms with Gasteiger partial charge < -0.3 is 10.2 Å². The molecule has 0 aliphatic carbocycles. The van der Waals surface area contributed by atoms with E-state index in [9.17, 15) is 9.59 Å². The summed E-state index contributed by atoms with van der Waals surface area (Å²) in [6, 6.07) is 3.69. The van der Waals surface area contributed by atoms with Gasteiger partial charge in [0.15, 0.2) is 0 Å². The van der Waals surface area contributed by atoms with Gasteiger partial charge in [-0.25, -0.2) is 0 Å². The molecule has 2 rings (SSSR count). The molecule has 1 unspecified atom stereocenters. The van der Waals surface area contributed by atoms with Crippen LogP contribution in [-0.2, 0) is 4.79 Å². The number of rotatable bonds is 4. The molecule has 1 fully saturated rings. The Balaban J connectivity index is 2.14. The average Bonchev–Trinajstić information content (AvgIpc) is 2.48. The van der Waals surface area contributed by atoms with E-state index < -0.39 is 0 Å². The van der Waals surface area contributed by atoms with Gasteiger partial charge in [0.05, 0.1) is 0 Å². The number of hydrogen-bond donors (Lipinski definition) is 1. The van der Waals surface area contributed by atoms with Gasteiger partial charge in [-0.2, -0.15) is 0 Å². The number of piperidine rings is 1. The maximum atomic E-state index is 11.8. The fourth-order valence-corrected chi connectivity index (χ4v) is 2.53. The minimum absolute atomic E-state index is 0.102. The molecule has 0 spiro atoms. The third-order valence-electron chi connectivity index (χ3n) is 3.67. The molecule has 108 valence electrons. The van der Waals surface area contributed by atoms with Crippen molar-refractivity contribution >= 4 is 17.4 Å². The number of anilines is 1. The molecular weight excluding hydrogens is 254 g/mol. The van der Waals surface area contributed by atoms with E-state index in [1.807, 2.05) is 13.0 Å². The Morgan fingerprint density at radius 1 is 1.50 bits per heavy atom. The van der Waals surface area contributed by atoms with Crippen LogP contribution in [0.5, 0.6) is 0 Å². The van der Waals surface area contributed by atoms with Crippen LogP contribution >= 0.6 is 0 Å². The molecule has 1 saturated heterocycles. The molecular formula is C15H21N3O2. The molecule has 1 N–H and O–H groups in total. The fraction of sp³-hybridized carbons (Fsp3) is 0.533. The molecule has 1 aromatic rings. The molecule has 1 amide bonds. The molecule has 0 aromatic carbocycles. The van der Waals surface area contributed by atoms with Crippen LogP contribution in [-0.4, -0.2) is 36.3 Å². The summed E-state index contributed by atoms with van der Waals surface area (Å²) in [7, 11) is 0. The lowest BCUT2D eigenvalue weighted by molar-refractivity contribution is -0.120. The van der Waals surface area contributed by atoms with Crippen LogP contribution in [0.25, 0.3) is 0 Å². The monoisotopic (exact) mass is 275 g/mol. The van der Waals surface area contributed by atoms with Crippen molar-refractivity contribution in [3.05, 3.63) is 24.0 Å². The first-order valence-corrected chi connectivity index (χ1v) is 7.11. The first-order chi connectivity index (χ1) is 9.61. The van der Waals surface area contributed by atoms with Crippen molar-refractivity contribution < 1.29 is 9.59 Å². The van der Waals surface area contributed by atoms with E-state index in [1.165, 1.54) is 0 Å². The van der Waals surface area contributed by atoms with Crippen LogP contribution in [0.2, 0.25) is 0 Å². The second-order valence-corrected chi connectivity index (χ2v) is 5.15. The zero-order valence-electron chi connectivity index (χ0n) is 12.1. The Hall–Kier alpha value is -1.91. The lowest BCUT2D eigenvalue weighted by atomic mass is 9.94. The number of amides is 1. The van der Waals surface area contributed by atoms with Crippen molar-refractivity contribution in [1.82, 2.24) is 10.3 Å². The molecule has 5 heteroatoms. The van der Waals surface area contributed by atoms with Crippen molar-refractivity contribution in [3.8, 4) is 0 Å². The van der Waals surface area contributed by atoms with E-state index in [0.717, 1.165) is 31.6 Å². The van der Waals surface area contributed by atoms with Gasteiger partial charge in [0.25, 0.3) is 5.91 Å². The van der Waals surface area contributed by atoms with Crippen LogP contribution in [0.1, 0.15) is 37.2 Å². The van der Waals surface area contributed by atoms with Gasteiger partial charge in [-0.15, -0.1) is 0 Å². The molecule has 0 saturated carbocycles. The Morgan fingerprint density at radius 2 is 2.30 bits per heavy atom. The van der Waals surface area contributed by atoms with Crippen molar-refractivity contribution in [2.75, 3.05) is 24.5 Å². The molecule has 1 aliphatic rings. The second-order valence-electron chi connectivity index (χ2n) is 5.15. The Labute approximate surface area is 119 Å². The molecule has 1 atom stereocenters. The highest BCUT2D eigenvalue weighted by Crippen LogP contribution is 2.23. The predicted octanol–water partition coefficient (Wildman–Crippen LogP) is 1.64. The second kappa shape index (κ2) is 6.50. The first kappa shape index (κ1) is 14.5. The highest BCUT2D eigenvalue weighted by Gasteiger charge is 2.23. The van der Waals surface area contributed by atoms with Gasteiger partial charge in [-0.05, 0) is 38.8 Å². The summed E-state index contributed by atoms with van der Waals surface area (Å²) in [6.45, 7) is 5.77. The average molecular weight is 275 g/mol. The van der Waals surface area contributed by atoms with Crippen molar-refractivity contribution in [1.29, 1.82) is 0 Å². The SMILES string of the molecule is CCNC(=O)c1cc(N2CCCC(C(C)=O)C2)ccn1. The predicted molar refractivity (Wildman–Crippen MR) is 77.9 cm³/mol. The molecule has 5 nitrogen and oxygen atoms in total. The lowest BCUT2D eigenvalue weighted by Gasteiger charge is -2.33. The highest BCUT2D eigenvalue weighted by atomic mass is 16.1. The number of ketones is 1. The van der Waals surface area contributed by atoms with Gasteiger partial charge in [0.1, 0.15) is 11.5 Å². The van der Waals surface area contributed by atoms with E-state index in [-0.39, 0.29) is 17.6 Å². The Kier molecular flexibility index (Phi) is 4.71. The summed E-state index contributed by atoms with van der Waals surface area (Å²) in [6.07, 6.45) is 3.61. The summed E-state index contributed by atoms with van der Waals surface area (Å²) in [4.78, 5) is 29.6. The lowest BCUT2D eigenvalue weighted by Crippen LogP contribution is -2.38. The fourth-order valence-electron chi connectivity index (χ4n) is 2.53. The van der Waals surface area contributed by atoms with Crippen molar-refractivity contribution in [2.24, 2.45) is 5.92 Å². The quantitative estimate of drug-likeness (QED) is 0.907. The molecule has 2 heterocycles. The number of nitrogens with zero attached hydrogens (tertiary/aromatic N) is 2. The molecule has 1 aliphatic heterocycles. The Bertz CT molecular complexity index is 502. The zero-order chi connectivity index (χ0) is 14.5. The van der Waals surface area contributed by atoms with Gasteiger partial charge in [0, 0.05) is 37.4 Å². The first-order valence-electron chi connectivity index (χ1n) is 7.11. The number of pyridine rings is 1. The number of carbonyl (C=O) groups excluding carboxylic acids is 2. The number of Topliss-reactive ketones (excluding diaryl/α,β-unsaturated/α-hetero) is 1. The highest BCUT2D eigenvalue weighted by molar-refractivity contribution is 5.93. The van der Waals surface area contributed by atoms with Crippen LogP contribution in [0.3, 0.4) is 0 Å². The maximum Gasteiger partial charge on any atom is 0.269 e. The van der Waals surface area contributed by atoms with Crippen LogP contribution < -0.4 is 10.2 Å². The van der Waals surface area contributed by atoms with Gasteiger partial charge in [-0.1, -0.05) is 0 Å². The molecule has 20 heavy (non-hydrogen) atoms. The van der Waals surface area contributed by atoms with Crippen molar-refractivity contribution in [3.63, 3.8) is 0 Å². The molecule has 1 aromatic heterocycles. The molecule has 0 bridgehead atoms. The number of carbonyl (C=O) groups is 2. The van der Waals surface area contributed by atoms with Crippen LogP contribution in [0.15, 0.2) is 18.3 Å². The van der Waals surface area contributed by atoms with Crippen LogP contribution in [0.4, 0.5) is 5.69 Å². The number of aromatic nitrogens is 1. The van der Waals surface area contributed by atoms with E-state index in [1.54, 1.807) is 19.2 Å². The van der Waals surface area contributed by atoms with E-state index in [4.69, 9.17) is 0 Å². The summed E-state index contributed by atoms with van der Waals surface area (Å²) in [5.74, 6) is 0.187.